The first-order valence-corrected chi connectivity index (χ1v) is 6.61. The highest BCUT2D eigenvalue weighted by Gasteiger charge is 2.25. The van der Waals surface area contributed by atoms with E-state index < -0.39 is 5.54 Å². The van der Waals surface area contributed by atoms with Crippen LogP contribution in [0, 0.1) is 0 Å². The minimum atomic E-state index is -0.453. The molecule has 0 aliphatic carbocycles. The molecule has 1 aromatic carbocycles. The van der Waals surface area contributed by atoms with Crippen molar-refractivity contribution >= 4 is 0 Å². The summed E-state index contributed by atoms with van der Waals surface area (Å²) in [7, 11) is 0. The molecule has 0 spiro atoms. The van der Waals surface area contributed by atoms with Gasteiger partial charge in [-0.3, -0.25) is 5.32 Å². The minimum absolute atomic E-state index is 0.0455. The third-order valence-corrected chi connectivity index (χ3v) is 3.51. The van der Waals surface area contributed by atoms with E-state index in [1.165, 1.54) is 0 Å². The Morgan fingerprint density at radius 3 is 2.68 bits per heavy atom. The Balaban J connectivity index is 2.11. The number of nitrogens with zero attached hydrogens (tertiary/aromatic N) is 2. The van der Waals surface area contributed by atoms with Gasteiger partial charge in [0.05, 0.1) is 18.7 Å². The molecule has 1 unspecified atom stereocenters. The van der Waals surface area contributed by atoms with Gasteiger partial charge in [0, 0.05) is 18.9 Å². The summed E-state index contributed by atoms with van der Waals surface area (Å²) in [5.41, 5.74) is 0.623. The molecule has 1 aromatic heterocycles. The van der Waals surface area contributed by atoms with E-state index in [2.05, 4.69) is 21.8 Å². The Kier molecular flexibility index (Phi) is 4.35. The number of aliphatic hydroxyl groups is 1. The van der Waals surface area contributed by atoms with Crippen LogP contribution in [0.2, 0.25) is 0 Å². The highest BCUT2D eigenvalue weighted by molar-refractivity contribution is 5.23. The maximum atomic E-state index is 9.70. The van der Waals surface area contributed by atoms with Gasteiger partial charge < -0.3 is 9.67 Å². The molecule has 19 heavy (non-hydrogen) atoms. The molecule has 2 aromatic rings. The van der Waals surface area contributed by atoms with E-state index >= 15 is 0 Å². The van der Waals surface area contributed by atoms with Crippen LogP contribution >= 0.6 is 0 Å². The molecule has 1 atom stereocenters. The van der Waals surface area contributed by atoms with E-state index in [1.807, 2.05) is 43.5 Å². The van der Waals surface area contributed by atoms with E-state index in [-0.39, 0.29) is 6.61 Å². The summed E-state index contributed by atoms with van der Waals surface area (Å²) in [6, 6.07) is 9.99. The Bertz CT molecular complexity index is 509. The predicted molar refractivity (Wildman–Crippen MR) is 75.6 cm³/mol. The van der Waals surface area contributed by atoms with Crippen molar-refractivity contribution in [3.05, 3.63) is 54.1 Å². The molecule has 4 heteroatoms. The van der Waals surface area contributed by atoms with Crippen LogP contribution in [-0.2, 0) is 18.6 Å². The van der Waals surface area contributed by atoms with Gasteiger partial charge in [-0.1, -0.05) is 30.3 Å². The van der Waals surface area contributed by atoms with Crippen LogP contribution in [0.5, 0.6) is 0 Å². The molecule has 2 N–H and O–H groups in total. The van der Waals surface area contributed by atoms with Gasteiger partial charge >= 0.3 is 0 Å². The molecule has 0 aliphatic heterocycles. The van der Waals surface area contributed by atoms with Crippen molar-refractivity contribution in [2.24, 2.45) is 0 Å². The lowest BCUT2D eigenvalue weighted by molar-refractivity contribution is 0.172. The van der Waals surface area contributed by atoms with Crippen molar-refractivity contribution in [3.63, 3.8) is 0 Å². The lowest BCUT2D eigenvalue weighted by Gasteiger charge is -2.29. The fourth-order valence-corrected chi connectivity index (χ4v) is 2.12. The van der Waals surface area contributed by atoms with Crippen LogP contribution in [0.4, 0.5) is 0 Å². The standard InChI is InChI=1S/C15H21N3O/c1-3-18-10-9-16-14(18)11-17-15(2,12-19)13-7-5-4-6-8-13/h4-10,17,19H,3,11-12H2,1-2H3. The van der Waals surface area contributed by atoms with E-state index in [0.29, 0.717) is 6.54 Å². The van der Waals surface area contributed by atoms with Crippen molar-refractivity contribution in [3.8, 4) is 0 Å². The number of hydrogen-bond donors (Lipinski definition) is 2. The number of hydrogen-bond acceptors (Lipinski definition) is 3. The van der Waals surface area contributed by atoms with Gasteiger partial charge in [-0.2, -0.15) is 0 Å². The normalized spacial score (nSPS) is 14.3. The average Bonchev–Trinajstić information content (AvgIpc) is 2.93. The van der Waals surface area contributed by atoms with Crippen molar-refractivity contribution < 1.29 is 5.11 Å². The molecule has 0 fully saturated rings. The Labute approximate surface area is 114 Å². The zero-order chi connectivity index (χ0) is 13.7. The van der Waals surface area contributed by atoms with Crippen molar-refractivity contribution in [2.45, 2.75) is 32.5 Å². The van der Waals surface area contributed by atoms with E-state index in [1.54, 1.807) is 6.20 Å². The zero-order valence-electron chi connectivity index (χ0n) is 11.5. The number of rotatable bonds is 6. The van der Waals surface area contributed by atoms with Gasteiger partial charge in [0.25, 0.3) is 0 Å². The third kappa shape index (κ3) is 3.03. The number of aryl methyl sites for hydroxylation is 1. The van der Waals surface area contributed by atoms with Crippen molar-refractivity contribution in [2.75, 3.05) is 6.61 Å². The summed E-state index contributed by atoms with van der Waals surface area (Å²) in [5, 5.41) is 13.1. The van der Waals surface area contributed by atoms with Crippen molar-refractivity contribution in [1.82, 2.24) is 14.9 Å². The maximum Gasteiger partial charge on any atom is 0.122 e. The Morgan fingerprint density at radius 1 is 1.32 bits per heavy atom. The average molecular weight is 259 g/mol. The van der Waals surface area contributed by atoms with Crippen LogP contribution in [0.15, 0.2) is 42.7 Å². The lowest BCUT2D eigenvalue weighted by atomic mass is 9.93. The first-order chi connectivity index (χ1) is 9.19. The first-order valence-electron chi connectivity index (χ1n) is 6.61. The number of aromatic nitrogens is 2. The molecule has 4 nitrogen and oxygen atoms in total. The highest BCUT2D eigenvalue weighted by Crippen LogP contribution is 2.20. The molecular weight excluding hydrogens is 238 g/mol. The third-order valence-electron chi connectivity index (χ3n) is 3.51. The van der Waals surface area contributed by atoms with E-state index in [4.69, 9.17) is 0 Å². The predicted octanol–water partition coefficient (Wildman–Crippen LogP) is 1.90. The summed E-state index contributed by atoms with van der Waals surface area (Å²) in [6.07, 6.45) is 3.77. The van der Waals surface area contributed by atoms with Gasteiger partial charge in [0.2, 0.25) is 0 Å². The zero-order valence-corrected chi connectivity index (χ0v) is 11.5. The van der Waals surface area contributed by atoms with Gasteiger partial charge in [-0.05, 0) is 19.4 Å². The van der Waals surface area contributed by atoms with Crippen LogP contribution in [0.3, 0.4) is 0 Å². The fraction of sp³-hybridized carbons (Fsp3) is 0.400. The quantitative estimate of drug-likeness (QED) is 0.833. The maximum absolute atomic E-state index is 9.70. The molecule has 102 valence electrons. The smallest absolute Gasteiger partial charge is 0.122 e. The summed E-state index contributed by atoms with van der Waals surface area (Å²) in [6.45, 7) is 5.67. The monoisotopic (exact) mass is 259 g/mol. The summed E-state index contributed by atoms with van der Waals surface area (Å²) < 4.78 is 2.09. The minimum Gasteiger partial charge on any atom is -0.394 e. The largest absolute Gasteiger partial charge is 0.394 e. The van der Waals surface area contributed by atoms with E-state index in [0.717, 1.165) is 17.9 Å². The number of benzene rings is 1. The molecule has 0 amide bonds. The Hall–Kier alpha value is -1.65. The van der Waals surface area contributed by atoms with Gasteiger partial charge in [-0.25, -0.2) is 4.98 Å². The molecular formula is C15H21N3O. The second-order valence-corrected chi connectivity index (χ2v) is 4.84. The number of imidazole rings is 1. The van der Waals surface area contributed by atoms with Gasteiger partial charge in [0.1, 0.15) is 5.82 Å². The molecule has 0 saturated heterocycles. The molecule has 0 aliphatic rings. The number of aliphatic hydroxyl groups excluding tert-OH is 1. The van der Waals surface area contributed by atoms with Crippen LogP contribution < -0.4 is 5.32 Å². The second kappa shape index (κ2) is 5.99. The van der Waals surface area contributed by atoms with Crippen LogP contribution in [0.1, 0.15) is 25.2 Å². The lowest BCUT2D eigenvalue weighted by Crippen LogP contribution is -2.42. The van der Waals surface area contributed by atoms with Gasteiger partial charge in [0.15, 0.2) is 0 Å². The molecule has 0 saturated carbocycles. The van der Waals surface area contributed by atoms with Crippen molar-refractivity contribution in [1.29, 1.82) is 0 Å². The molecule has 0 radical (unpaired) electrons. The summed E-state index contributed by atoms with van der Waals surface area (Å²) in [4.78, 5) is 4.34. The molecule has 0 bridgehead atoms. The SMILES string of the molecule is CCn1ccnc1CNC(C)(CO)c1ccccc1. The Morgan fingerprint density at radius 2 is 2.05 bits per heavy atom. The second-order valence-electron chi connectivity index (χ2n) is 4.84. The highest BCUT2D eigenvalue weighted by atomic mass is 16.3. The first kappa shape index (κ1) is 13.8. The summed E-state index contributed by atoms with van der Waals surface area (Å²) in [5.74, 6) is 0.984. The van der Waals surface area contributed by atoms with E-state index in [9.17, 15) is 5.11 Å². The molecule has 1 heterocycles. The summed E-state index contributed by atoms with van der Waals surface area (Å²) >= 11 is 0. The number of nitrogens with one attached hydrogen (secondary N) is 1. The topological polar surface area (TPSA) is 50.1 Å². The van der Waals surface area contributed by atoms with Gasteiger partial charge in [-0.15, -0.1) is 0 Å². The molecule has 2 rings (SSSR count). The fourth-order valence-electron chi connectivity index (χ4n) is 2.12. The van der Waals surface area contributed by atoms with Crippen LogP contribution in [-0.4, -0.2) is 21.3 Å². The van der Waals surface area contributed by atoms with Crippen LogP contribution in [0.25, 0.3) is 0 Å².